The van der Waals surface area contributed by atoms with Gasteiger partial charge in [-0.3, -0.25) is 4.68 Å². The van der Waals surface area contributed by atoms with Crippen LogP contribution in [0.4, 0.5) is 13.2 Å². The predicted octanol–water partition coefficient (Wildman–Crippen LogP) is 2.97. The summed E-state index contributed by atoms with van der Waals surface area (Å²) in [4.78, 5) is 0. The molecule has 1 rings (SSSR count). The Kier molecular flexibility index (Phi) is 5.19. The molecular formula is C12H20F3N3. The molecule has 6 heteroatoms. The highest BCUT2D eigenvalue weighted by Crippen LogP contribution is 2.17. The van der Waals surface area contributed by atoms with E-state index in [-0.39, 0.29) is 0 Å². The predicted molar refractivity (Wildman–Crippen MR) is 64.0 cm³/mol. The van der Waals surface area contributed by atoms with Crippen LogP contribution in [0, 0.1) is 5.92 Å². The lowest BCUT2D eigenvalue weighted by molar-refractivity contribution is -0.142. The number of aromatic nitrogens is 2. The van der Waals surface area contributed by atoms with Gasteiger partial charge in [-0.25, -0.2) is 0 Å². The Bertz CT molecular complexity index is 358. The van der Waals surface area contributed by atoms with Crippen LogP contribution in [0.5, 0.6) is 0 Å². The molecule has 0 aromatic carbocycles. The van der Waals surface area contributed by atoms with Crippen LogP contribution in [0.1, 0.15) is 32.8 Å². The molecule has 1 atom stereocenters. The second-order valence-corrected chi connectivity index (χ2v) is 5.07. The van der Waals surface area contributed by atoms with Crippen LogP contribution in [-0.2, 0) is 13.1 Å². The standard InChI is InChI=1S/C12H20F3N3/c1-9(2)4-10(3)16-5-11-6-17-18(7-11)8-12(13,14)15/h6-7,9-10,16H,4-5,8H2,1-3H3/t10-/m1/s1. The largest absolute Gasteiger partial charge is 0.408 e. The van der Waals surface area contributed by atoms with Crippen molar-refractivity contribution >= 4 is 0 Å². The number of alkyl halides is 3. The highest BCUT2D eigenvalue weighted by Gasteiger charge is 2.28. The van der Waals surface area contributed by atoms with E-state index in [0.29, 0.717) is 18.5 Å². The number of nitrogens with zero attached hydrogens (tertiary/aromatic N) is 2. The molecule has 0 aliphatic heterocycles. The van der Waals surface area contributed by atoms with Crippen molar-refractivity contribution in [3.8, 4) is 0 Å². The summed E-state index contributed by atoms with van der Waals surface area (Å²) in [7, 11) is 0. The van der Waals surface area contributed by atoms with Crippen molar-refractivity contribution in [3.05, 3.63) is 18.0 Å². The third-order valence-electron chi connectivity index (χ3n) is 2.51. The molecule has 1 heterocycles. The van der Waals surface area contributed by atoms with Gasteiger partial charge in [0.1, 0.15) is 6.54 Å². The van der Waals surface area contributed by atoms with Crippen molar-refractivity contribution in [2.24, 2.45) is 5.92 Å². The number of hydrogen-bond donors (Lipinski definition) is 1. The Morgan fingerprint density at radius 2 is 2.00 bits per heavy atom. The Labute approximate surface area is 105 Å². The first-order valence-electron chi connectivity index (χ1n) is 6.07. The lowest BCUT2D eigenvalue weighted by atomic mass is 10.1. The number of hydrogen-bond acceptors (Lipinski definition) is 2. The average Bonchev–Trinajstić information content (AvgIpc) is 2.58. The molecule has 0 aliphatic rings. The average molecular weight is 263 g/mol. The van der Waals surface area contributed by atoms with E-state index in [1.165, 1.54) is 12.4 Å². The molecule has 0 unspecified atom stereocenters. The molecule has 0 saturated carbocycles. The van der Waals surface area contributed by atoms with E-state index in [0.717, 1.165) is 16.7 Å². The first-order valence-corrected chi connectivity index (χ1v) is 6.07. The molecule has 1 aromatic rings. The van der Waals surface area contributed by atoms with Gasteiger partial charge in [0.05, 0.1) is 6.20 Å². The van der Waals surface area contributed by atoms with Gasteiger partial charge in [0, 0.05) is 24.3 Å². The topological polar surface area (TPSA) is 29.9 Å². The van der Waals surface area contributed by atoms with Gasteiger partial charge in [-0.15, -0.1) is 0 Å². The summed E-state index contributed by atoms with van der Waals surface area (Å²) in [5, 5.41) is 6.97. The van der Waals surface area contributed by atoms with Crippen LogP contribution >= 0.6 is 0 Å². The van der Waals surface area contributed by atoms with Gasteiger partial charge in [0.2, 0.25) is 0 Å². The fourth-order valence-electron chi connectivity index (χ4n) is 1.85. The summed E-state index contributed by atoms with van der Waals surface area (Å²) in [5.41, 5.74) is 0.773. The normalized spacial score (nSPS) is 14.2. The van der Waals surface area contributed by atoms with E-state index in [4.69, 9.17) is 0 Å². The number of rotatable bonds is 6. The Balaban J connectivity index is 2.40. The summed E-state index contributed by atoms with van der Waals surface area (Å²) >= 11 is 0. The minimum atomic E-state index is -4.22. The van der Waals surface area contributed by atoms with Gasteiger partial charge in [-0.1, -0.05) is 13.8 Å². The molecule has 0 amide bonds. The van der Waals surface area contributed by atoms with Crippen LogP contribution in [0.3, 0.4) is 0 Å². The zero-order chi connectivity index (χ0) is 13.8. The van der Waals surface area contributed by atoms with E-state index in [2.05, 4.69) is 31.2 Å². The van der Waals surface area contributed by atoms with Gasteiger partial charge < -0.3 is 5.32 Å². The molecule has 104 valence electrons. The number of nitrogens with one attached hydrogen (secondary N) is 1. The quantitative estimate of drug-likeness (QED) is 0.855. The Hall–Kier alpha value is -1.04. The maximum absolute atomic E-state index is 12.1. The molecular weight excluding hydrogens is 243 g/mol. The van der Waals surface area contributed by atoms with Crippen molar-refractivity contribution in [1.29, 1.82) is 0 Å². The SMILES string of the molecule is CC(C)C[C@@H](C)NCc1cnn(CC(F)(F)F)c1. The third kappa shape index (κ3) is 6.05. The number of halogens is 3. The first kappa shape index (κ1) is 15.0. The third-order valence-corrected chi connectivity index (χ3v) is 2.51. The van der Waals surface area contributed by atoms with E-state index >= 15 is 0 Å². The molecule has 3 nitrogen and oxygen atoms in total. The van der Waals surface area contributed by atoms with Gasteiger partial charge in [-0.2, -0.15) is 18.3 Å². The summed E-state index contributed by atoms with van der Waals surface area (Å²) in [6.45, 7) is 5.86. The first-order chi connectivity index (χ1) is 8.26. The molecule has 0 saturated heterocycles. The molecule has 0 bridgehead atoms. The fraction of sp³-hybridized carbons (Fsp3) is 0.750. The Morgan fingerprint density at radius 1 is 1.33 bits per heavy atom. The maximum atomic E-state index is 12.1. The van der Waals surface area contributed by atoms with Gasteiger partial charge in [-0.05, 0) is 19.3 Å². The van der Waals surface area contributed by atoms with Crippen LogP contribution in [0.25, 0.3) is 0 Å². The smallest absolute Gasteiger partial charge is 0.310 e. The van der Waals surface area contributed by atoms with Crippen LogP contribution < -0.4 is 5.32 Å². The van der Waals surface area contributed by atoms with E-state index in [1.54, 1.807) is 0 Å². The van der Waals surface area contributed by atoms with Crippen molar-refractivity contribution in [2.45, 2.75) is 52.5 Å². The minimum absolute atomic E-state index is 0.343. The lowest BCUT2D eigenvalue weighted by Crippen LogP contribution is -2.26. The molecule has 1 aromatic heterocycles. The van der Waals surface area contributed by atoms with Gasteiger partial charge in [0.25, 0.3) is 0 Å². The van der Waals surface area contributed by atoms with Crippen molar-refractivity contribution in [1.82, 2.24) is 15.1 Å². The van der Waals surface area contributed by atoms with E-state index in [1.807, 2.05) is 0 Å². The van der Waals surface area contributed by atoms with Crippen LogP contribution in [-0.4, -0.2) is 22.0 Å². The van der Waals surface area contributed by atoms with Crippen LogP contribution in [0.15, 0.2) is 12.4 Å². The van der Waals surface area contributed by atoms with Crippen molar-refractivity contribution in [3.63, 3.8) is 0 Å². The molecule has 0 spiro atoms. The molecule has 1 N–H and O–H groups in total. The zero-order valence-corrected chi connectivity index (χ0v) is 11.0. The molecule has 18 heavy (non-hydrogen) atoms. The summed E-state index contributed by atoms with van der Waals surface area (Å²) in [5.74, 6) is 0.598. The maximum Gasteiger partial charge on any atom is 0.408 e. The Morgan fingerprint density at radius 3 is 2.56 bits per heavy atom. The van der Waals surface area contributed by atoms with Gasteiger partial charge >= 0.3 is 6.18 Å². The van der Waals surface area contributed by atoms with Crippen molar-refractivity contribution in [2.75, 3.05) is 0 Å². The van der Waals surface area contributed by atoms with Crippen LogP contribution in [0.2, 0.25) is 0 Å². The summed E-state index contributed by atoms with van der Waals surface area (Å²) in [6, 6.07) is 0.343. The minimum Gasteiger partial charge on any atom is -0.310 e. The van der Waals surface area contributed by atoms with Crippen molar-refractivity contribution < 1.29 is 13.2 Å². The highest BCUT2D eigenvalue weighted by atomic mass is 19.4. The monoisotopic (exact) mass is 263 g/mol. The molecule has 0 radical (unpaired) electrons. The lowest BCUT2D eigenvalue weighted by Gasteiger charge is -2.15. The zero-order valence-electron chi connectivity index (χ0n) is 11.0. The molecule has 0 aliphatic carbocycles. The summed E-state index contributed by atoms with van der Waals surface area (Å²) < 4.78 is 37.3. The second kappa shape index (κ2) is 6.22. The van der Waals surface area contributed by atoms with E-state index in [9.17, 15) is 13.2 Å². The summed E-state index contributed by atoms with van der Waals surface area (Å²) in [6.07, 6.45) is -0.276. The van der Waals surface area contributed by atoms with Gasteiger partial charge in [0.15, 0.2) is 0 Å². The highest BCUT2D eigenvalue weighted by molar-refractivity contribution is 5.03. The fourth-order valence-corrected chi connectivity index (χ4v) is 1.85. The molecule has 0 fully saturated rings. The second-order valence-electron chi connectivity index (χ2n) is 5.07. The van der Waals surface area contributed by atoms with E-state index < -0.39 is 12.7 Å².